The van der Waals surface area contributed by atoms with Gasteiger partial charge in [-0.3, -0.25) is 9.69 Å². The van der Waals surface area contributed by atoms with E-state index < -0.39 is 17.5 Å². The van der Waals surface area contributed by atoms with Crippen molar-refractivity contribution in [3.8, 4) is 23.0 Å². The summed E-state index contributed by atoms with van der Waals surface area (Å²) in [6.45, 7) is 6.19. The van der Waals surface area contributed by atoms with Crippen LogP contribution < -0.4 is 9.64 Å². The highest BCUT2D eigenvalue weighted by molar-refractivity contribution is 6.32. The largest absolute Gasteiger partial charge is 0.508 e. The van der Waals surface area contributed by atoms with Crippen LogP contribution in [0.2, 0.25) is 5.02 Å². The second kappa shape index (κ2) is 10.8. The molecular formula is C33H35ClF2N6O3. The van der Waals surface area contributed by atoms with Gasteiger partial charge in [-0.2, -0.15) is 9.97 Å². The van der Waals surface area contributed by atoms with Crippen LogP contribution in [0, 0.1) is 5.82 Å². The maximum absolute atomic E-state index is 16.1. The molecule has 45 heavy (non-hydrogen) atoms. The number of benzene rings is 1. The summed E-state index contributed by atoms with van der Waals surface area (Å²) in [4.78, 5) is 33.0. The Morgan fingerprint density at radius 1 is 1.13 bits per heavy atom. The Kier molecular flexibility index (Phi) is 6.90. The van der Waals surface area contributed by atoms with Crippen molar-refractivity contribution in [3.05, 3.63) is 47.3 Å². The Morgan fingerprint density at radius 3 is 2.64 bits per heavy atom. The van der Waals surface area contributed by atoms with E-state index in [1.165, 1.54) is 24.3 Å². The molecule has 6 heterocycles. The molecule has 5 fully saturated rings. The molecule has 4 aliphatic heterocycles. The van der Waals surface area contributed by atoms with Crippen molar-refractivity contribution in [1.29, 1.82) is 0 Å². The third-order valence-corrected chi connectivity index (χ3v) is 10.7. The first-order valence-corrected chi connectivity index (χ1v) is 16.2. The minimum atomic E-state index is -0.894. The van der Waals surface area contributed by atoms with Crippen LogP contribution in [0.3, 0.4) is 0 Å². The molecule has 1 aromatic carbocycles. The summed E-state index contributed by atoms with van der Waals surface area (Å²) in [6.07, 6.45) is 6.26. The third kappa shape index (κ3) is 4.90. The van der Waals surface area contributed by atoms with Gasteiger partial charge >= 0.3 is 6.01 Å². The summed E-state index contributed by atoms with van der Waals surface area (Å²) in [5.74, 6) is -0.0702. The Labute approximate surface area is 264 Å². The normalized spacial score (nSPS) is 27.8. The summed E-state index contributed by atoms with van der Waals surface area (Å²) in [7, 11) is 0. The Hall–Kier alpha value is -3.57. The molecule has 4 atom stereocenters. The molecule has 0 spiro atoms. The zero-order valence-electron chi connectivity index (χ0n) is 24.9. The molecule has 5 aliphatic rings. The van der Waals surface area contributed by atoms with E-state index in [-0.39, 0.29) is 53.6 Å². The van der Waals surface area contributed by atoms with Crippen molar-refractivity contribution >= 4 is 34.4 Å². The molecule has 0 radical (unpaired) electrons. The number of carbonyl (C=O) groups excluding carboxylic acids is 1. The summed E-state index contributed by atoms with van der Waals surface area (Å²) in [5, 5.41) is 11.2. The van der Waals surface area contributed by atoms with Gasteiger partial charge in [0.15, 0.2) is 5.65 Å². The first-order valence-electron chi connectivity index (χ1n) is 15.9. The highest BCUT2D eigenvalue weighted by atomic mass is 35.5. The maximum Gasteiger partial charge on any atom is 0.320 e. The van der Waals surface area contributed by atoms with Crippen LogP contribution in [0.4, 0.5) is 14.6 Å². The highest BCUT2D eigenvalue weighted by Crippen LogP contribution is 2.49. The number of phenols is 1. The van der Waals surface area contributed by atoms with Crippen LogP contribution in [0.25, 0.3) is 22.3 Å². The standard InChI is InChI=1S/C33H35ClF2N6O3/c1-2-27(44)42-20-6-7-21(42)16-40(15-20)31-24-12-26(36)29(23-10-22(43)11-25(34)28(23)18-4-5-18)37-30(24)38-32(39-31)45-17-33-8-3-9-41(33)14-19(35)13-33/h2,10-12,18-21,43H,1,3-9,13-17H2/t19-,20?,21?,33+/m1/s1. The van der Waals surface area contributed by atoms with Crippen LogP contribution in [0.5, 0.6) is 11.8 Å². The third-order valence-electron chi connectivity index (χ3n) is 10.4. The molecule has 4 saturated heterocycles. The van der Waals surface area contributed by atoms with E-state index in [1.54, 1.807) is 0 Å². The second-order valence-electron chi connectivity index (χ2n) is 13.3. The van der Waals surface area contributed by atoms with Gasteiger partial charge in [0.05, 0.1) is 10.9 Å². The van der Waals surface area contributed by atoms with Gasteiger partial charge < -0.3 is 19.6 Å². The number of hydrogen-bond acceptors (Lipinski definition) is 8. The van der Waals surface area contributed by atoms with Gasteiger partial charge in [-0.05, 0) is 80.8 Å². The van der Waals surface area contributed by atoms with Crippen molar-refractivity contribution in [2.75, 3.05) is 37.7 Å². The lowest BCUT2D eigenvalue weighted by Crippen LogP contribution is -2.55. The number of carbonyl (C=O) groups is 1. The smallest absolute Gasteiger partial charge is 0.320 e. The number of alkyl halides is 1. The number of hydrogen-bond donors (Lipinski definition) is 1. The predicted octanol–water partition coefficient (Wildman–Crippen LogP) is 5.39. The Morgan fingerprint density at radius 2 is 1.91 bits per heavy atom. The first kappa shape index (κ1) is 28.9. The van der Waals surface area contributed by atoms with E-state index in [1.807, 2.05) is 4.90 Å². The number of aromatic hydroxyl groups is 1. The molecular weight excluding hydrogens is 602 g/mol. The zero-order chi connectivity index (χ0) is 31.0. The monoisotopic (exact) mass is 636 g/mol. The number of rotatable bonds is 7. The lowest BCUT2D eigenvalue weighted by Gasteiger charge is -2.41. The SMILES string of the molecule is C=CC(=O)N1C2CCC1CN(c1nc(OC[C@@]34CCCN3C[C@H](F)C4)nc3nc(-c4cc(O)cc(Cl)c4C4CC4)c(F)cc13)C2. The van der Waals surface area contributed by atoms with E-state index >= 15 is 4.39 Å². The number of fused-ring (bicyclic) bond motifs is 4. The molecule has 1 saturated carbocycles. The van der Waals surface area contributed by atoms with Gasteiger partial charge in [-0.25, -0.2) is 13.8 Å². The van der Waals surface area contributed by atoms with Gasteiger partial charge in [0.1, 0.15) is 35.9 Å². The average molecular weight is 637 g/mol. The van der Waals surface area contributed by atoms with Gasteiger partial charge in [0, 0.05) is 48.7 Å². The van der Waals surface area contributed by atoms with Gasteiger partial charge in [-0.1, -0.05) is 18.2 Å². The van der Waals surface area contributed by atoms with E-state index in [0.717, 1.165) is 50.6 Å². The molecule has 1 amide bonds. The van der Waals surface area contributed by atoms with Crippen molar-refractivity contribution in [2.24, 2.45) is 0 Å². The number of nitrogens with zero attached hydrogens (tertiary/aromatic N) is 6. The number of pyridine rings is 1. The fourth-order valence-corrected chi connectivity index (χ4v) is 8.63. The van der Waals surface area contributed by atoms with E-state index in [9.17, 15) is 14.3 Å². The van der Waals surface area contributed by atoms with Crippen LogP contribution in [0.1, 0.15) is 56.4 Å². The topological polar surface area (TPSA) is 94.9 Å². The lowest BCUT2D eigenvalue weighted by atomic mass is 9.95. The van der Waals surface area contributed by atoms with Crippen molar-refractivity contribution in [2.45, 2.75) is 74.7 Å². The number of halogens is 3. The van der Waals surface area contributed by atoms with E-state index in [4.69, 9.17) is 26.3 Å². The number of piperazine rings is 1. The molecule has 2 unspecified atom stereocenters. The van der Waals surface area contributed by atoms with Gasteiger partial charge in [0.25, 0.3) is 0 Å². The van der Waals surface area contributed by atoms with Crippen LogP contribution in [0.15, 0.2) is 30.9 Å². The second-order valence-corrected chi connectivity index (χ2v) is 13.7. The van der Waals surface area contributed by atoms with Crippen LogP contribution in [-0.2, 0) is 4.79 Å². The first-order chi connectivity index (χ1) is 21.7. The predicted molar refractivity (Wildman–Crippen MR) is 166 cm³/mol. The van der Waals surface area contributed by atoms with E-state index in [2.05, 4.69) is 21.4 Å². The van der Waals surface area contributed by atoms with Crippen molar-refractivity contribution < 1.29 is 23.4 Å². The number of amides is 1. The lowest BCUT2D eigenvalue weighted by molar-refractivity contribution is -0.129. The molecule has 12 heteroatoms. The summed E-state index contributed by atoms with van der Waals surface area (Å²) >= 11 is 6.55. The molecule has 8 rings (SSSR count). The Bertz CT molecular complexity index is 1710. The van der Waals surface area contributed by atoms with Crippen LogP contribution >= 0.6 is 11.6 Å². The van der Waals surface area contributed by atoms with E-state index in [0.29, 0.717) is 47.8 Å². The molecule has 1 N–H and O–H groups in total. The molecule has 2 aromatic heterocycles. The Balaban J connectivity index is 1.22. The molecule has 236 valence electrons. The minimum Gasteiger partial charge on any atom is -0.508 e. The zero-order valence-corrected chi connectivity index (χ0v) is 25.6. The molecule has 3 aromatic rings. The molecule has 1 aliphatic carbocycles. The van der Waals surface area contributed by atoms with Crippen LogP contribution in [-0.4, -0.2) is 92.3 Å². The number of anilines is 1. The average Bonchev–Trinajstić information content (AvgIpc) is 3.62. The van der Waals surface area contributed by atoms with Gasteiger partial charge in [-0.15, -0.1) is 0 Å². The van der Waals surface area contributed by atoms with Crippen molar-refractivity contribution in [3.63, 3.8) is 0 Å². The summed E-state index contributed by atoms with van der Waals surface area (Å²) < 4.78 is 36.9. The number of phenolic OH excluding ortho intramolecular Hbond substituents is 1. The fourth-order valence-electron chi connectivity index (χ4n) is 8.26. The minimum absolute atomic E-state index is 0.0258. The van der Waals surface area contributed by atoms with Crippen molar-refractivity contribution in [1.82, 2.24) is 24.8 Å². The summed E-state index contributed by atoms with van der Waals surface area (Å²) in [6, 6.07) is 4.43. The molecule has 9 nitrogen and oxygen atoms in total. The maximum atomic E-state index is 16.1. The van der Waals surface area contributed by atoms with Gasteiger partial charge in [0.2, 0.25) is 5.91 Å². The summed E-state index contributed by atoms with van der Waals surface area (Å²) in [5.41, 5.74) is 1.12. The number of aromatic nitrogens is 3. The quantitative estimate of drug-likeness (QED) is 0.345. The fraction of sp³-hybridized carbons (Fsp3) is 0.515. The number of ether oxygens (including phenoxy) is 1. The highest BCUT2D eigenvalue weighted by Gasteiger charge is 2.49. The molecule has 2 bridgehead atoms.